The van der Waals surface area contributed by atoms with Crippen molar-refractivity contribution in [3.05, 3.63) is 41.3 Å². The minimum atomic E-state index is -0.567. The first-order valence-electron chi connectivity index (χ1n) is 8.32. The number of pyridine rings is 1. The fourth-order valence-corrected chi connectivity index (χ4v) is 3.06. The molecule has 2 amide bonds. The summed E-state index contributed by atoms with van der Waals surface area (Å²) in [5.41, 5.74) is 6.75. The van der Waals surface area contributed by atoms with Crippen molar-refractivity contribution in [1.29, 1.82) is 0 Å². The van der Waals surface area contributed by atoms with Gasteiger partial charge in [-0.05, 0) is 38.0 Å². The molecule has 8 heteroatoms. The Morgan fingerprint density at radius 1 is 1.48 bits per heavy atom. The highest BCUT2D eigenvalue weighted by atomic mass is 16.5. The van der Waals surface area contributed by atoms with Gasteiger partial charge < -0.3 is 15.4 Å². The predicted molar refractivity (Wildman–Crippen MR) is 90.4 cm³/mol. The van der Waals surface area contributed by atoms with Crippen LogP contribution in [0.25, 0.3) is 0 Å². The molecule has 3 N–H and O–H groups in total. The van der Waals surface area contributed by atoms with Gasteiger partial charge in [-0.25, -0.2) is 4.98 Å². The van der Waals surface area contributed by atoms with Gasteiger partial charge in [-0.3, -0.25) is 14.7 Å². The van der Waals surface area contributed by atoms with Gasteiger partial charge in [0.15, 0.2) is 0 Å². The zero-order valence-corrected chi connectivity index (χ0v) is 14.1. The molecule has 1 saturated heterocycles. The number of nitrogens with one attached hydrogen (secondary N) is 1. The van der Waals surface area contributed by atoms with Crippen molar-refractivity contribution in [3.8, 4) is 5.88 Å². The molecule has 0 radical (unpaired) electrons. The van der Waals surface area contributed by atoms with E-state index in [0.29, 0.717) is 31.1 Å². The molecule has 3 heterocycles. The second-order valence-corrected chi connectivity index (χ2v) is 5.95. The normalized spacial score (nSPS) is 17.3. The summed E-state index contributed by atoms with van der Waals surface area (Å²) in [5, 5.41) is 6.79. The molecular weight excluding hydrogens is 322 g/mol. The average molecular weight is 343 g/mol. The Kier molecular flexibility index (Phi) is 4.97. The molecule has 0 saturated carbocycles. The average Bonchev–Trinajstić information content (AvgIpc) is 3.13. The monoisotopic (exact) mass is 343 g/mol. The van der Waals surface area contributed by atoms with Crippen LogP contribution in [0.15, 0.2) is 24.4 Å². The van der Waals surface area contributed by atoms with Crippen LogP contribution in [0.4, 0.5) is 0 Å². The number of carbonyl (C=O) groups is 2. The van der Waals surface area contributed by atoms with Gasteiger partial charge >= 0.3 is 0 Å². The van der Waals surface area contributed by atoms with E-state index in [-0.39, 0.29) is 17.5 Å². The van der Waals surface area contributed by atoms with Crippen LogP contribution in [-0.4, -0.2) is 51.6 Å². The van der Waals surface area contributed by atoms with Gasteiger partial charge in [-0.1, -0.05) is 0 Å². The number of hydrogen-bond donors (Lipinski definition) is 2. The zero-order chi connectivity index (χ0) is 17.8. The van der Waals surface area contributed by atoms with Gasteiger partial charge in [-0.15, -0.1) is 0 Å². The second-order valence-electron chi connectivity index (χ2n) is 5.95. The van der Waals surface area contributed by atoms with Crippen molar-refractivity contribution < 1.29 is 14.3 Å². The summed E-state index contributed by atoms with van der Waals surface area (Å²) in [6, 6.07) is 5.12. The van der Waals surface area contributed by atoms with Crippen LogP contribution in [-0.2, 0) is 0 Å². The van der Waals surface area contributed by atoms with Crippen molar-refractivity contribution in [2.24, 2.45) is 5.73 Å². The number of ether oxygens (including phenoxy) is 1. The Balaban J connectivity index is 1.76. The Morgan fingerprint density at radius 2 is 2.32 bits per heavy atom. The van der Waals surface area contributed by atoms with Crippen LogP contribution < -0.4 is 10.5 Å². The van der Waals surface area contributed by atoms with Gasteiger partial charge in [0.1, 0.15) is 11.3 Å². The Morgan fingerprint density at radius 3 is 3.04 bits per heavy atom. The fraction of sp³-hybridized carbons (Fsp3) is 0.412. The minimum Gasteiger partial charge on any atom is -0.477 e. The number of H-pyrrole nitrogens is 1. The number of nitrogens with two attached hydrogens (primary N) is 1. The topological polar surface area (TPSA) is 114 Å². The Hall–Kier alpha value is -2.90. The lowest BCUT2D eigenvalue weighted by atomic mass is 9.94. The Labute approximate surface area is 145 Å². The van der Waals surface area contributed by atoms with Gasteiger partial charge in [0, 0.05) is 30.9 Å². The number of likely N-dealkylation sites (tertiary alicyclic amines) is 1. The third-order valence-electron chi connectivity index (χ3n) is 4.28. The third-order valence-corrected chi connectivity index (χ3v) is 4.28. The number of primary amides is 1. The van der Waals surface area contributed by atoms with Crippen molar-refractivity contribution in [2.75, 3.05) is 19.7 Å². The number of piperidine rings is 1. The first-order valence-corrected chi connectivity index (χ1v) is 8.32. The summed E-state index contributed by atoms with van der Waals surface area (Å²) in [7, 11) is 0. The van der Waals surface area contributed by atoms with E-state index in [0.717, 1.165) is 18.5 Å². The molecule has 1 unspecified atom stereocenters. The molecule has 0 aromatic carbocycles. The summed E-state index contributed by atoms with van der Waals surface area (Å²) in [6.45, 7) is 3.52. The second kappa shape index (κ2) is 7.33. The maximum atomic E-state index is 12.9. The number of amides is 2. The van der Waals surface area contributed by atoms with Crippen LogP contribution >= 0.6 is 0 Å². The molecule has 8 nitrogen and oxygen atoms in total. The predicted octanol–water partition coefficient (Wildman–Crippen LogP) is 1.32. The molecule has 1 atom stereocenters. The molecule has 25 heavy (non-hydrogen) atoms. The highest BCUT2D eigenvalue weighted by molar-refractivity contribution is 5.96. The smallest absolute Gasteiger partial charge is 0.269 e. The minimum absolute atomic E-state index is 0.0884. The number of rotatable bonds is 5. The van der Waals surface area contributed by atoms with E-state index in [2.05, 4.69) is 15.2 Å². The van der Waals surface area contributed by atoms with Gasteiger partial charge in [-0.2, -0.15) is 5.10 Å². The number of aromatic amines is 1. The lowest BCUT2D eigenvalue weighted by Gasteiger charge is -2.32. The van der Waals surface area contributed by atoms with Crippen LogP contribution in [0.3, 0.4) is 0 Å². The third kappa shape index (κ3) is 3.62. The molecule has 0 aliphatic carbocycles. The maximum Gasteiger partial charge on any atom is 0.269 e. The number of nitrogens with zero attached hydrogens (tertiary/aromatic N) is 3. The zero-order valence-electron chi connectivity index (χ0n) is 14.1. The van der Waals surface area contributed by atoms with Crippen LogP contribution in [0.1, 0.15) is 52.2 Å². The molecule has 0 spiro atoms. The lowest BCUT2D eigenvalue weighted by Crippen LogP contribution is -2.39. The summed E-state index contributed by atoms with van der Waals surface area (Å²) < 4.78 is 5.46. The fourth-order valence-electron chi connectivity index (χ4n) is 3.06. The molecule has 2 aromatic heterocycles. The van der Waals surface area contributed by atoms with E-state index in [9.17, 15) is 9.59 Å². The SMILES string of the molecule is CCOc1ncccc1C(=O)N1CCCC(c2cc(C(N)=O)n[nH]2)C1. The standard InChI is InChI=1S/C17H21N5O3/c1-2-25-16-12(6-3-7-19-16)17(24)22-8-4-5-11(10-22)13-9-14(15(18)23)21-20-13/h3,6-7,9,11H,2,4-5,8,10H2,1H3,(H2,18,23)(H,20,21). The quantitative estimate of drug-likeness (QED) is 0.850. The first kappa shape index (κ1) is 16.9. The molecule has 0 bridgehead atoms. The molecule has 1 aliphatic rings. The van der Waals surface area contributed by atoms with Crippen molar-refractivity contribution in [1.82, 2.24) is 20.1 Å². The summed E-state index contributed by atoms with van der Waals surface area (Å²) in [5.74, 6) is -0.223. The van der Waals surface area contributed by atoms with Gasteiger partial charge in [0.2, 0.25) is 5.88 Å². The highest BCUT2D eigenvalue weighted by Gasteiger charge is 2.28. The van der Waals surface area contributed by atoms with Crippen LogP contribution in [0, 0.1) is 0 Å². The number of hydrogen-bond acceptors (Lipinski definition) is 5. The van der Waals surface area contributed by atoms with Crippen molar-refractivity contribution >= 4 is 11.8 Å². The number of aromatic nitrogens is 3. The molecule has 1 aliphatic heterocycles. The van der Waals surface area contributed by atoms with E-state index in [1.807, 2.05) is 6.92 Å². The first-order chi connectivity index (χ1) is 12.1. The largest absolute Gasteiger partial charge is 0.477 e. The van der Waals surface area contributed by atoms with E-state index < -0.39 is 5.91 Å². The molecular formula is C17H21N5O3. The van der Waals surface area contributed by atoms with E-state index in [1.54, 1.807) is 29.3 Å². The van der Waals surface area contributed by atoms with Crippen LogP contribution in [0.5, 0.6) is 5.88 Å². The Bertz CT molecular complexity index is 773. The number of carbonyl (C=O) groups excluding carboxylic acids is 2. The maximum absolute atomic E-state index is 12.9. The van der Waals surface area contributed by atoms with E-state index in [4.69, 9.17) is 10.5 Å². The van der Waals surface area contributed by atoms with E-state index in [1.165, 1.54) is 0 Å². The van der Waals surface area contributed by atoms with Gasteiger partial charge in [0.05, 0.1) is 6.61 Å². The summed E-state index contributed by atoms with van der Waals surface area (Å²) >= 11 is 0. The van der Waals surface area contributed by atoms with Crippen LogP contribution in [0.2, 0.25) is 0 Å². The molecule has 2 aromatic rings. The van der Waals surface area contributed by atoms with E-state index >= 15 is 0 Å². The van der Waals surface area contributed by atoms with Crippen molar-refractivity contribution in [2.45, 2.75) is 25.7 Å². The molecule has 1 fully saturated rings. The lowest BCUT2D eigenvalue weighted by molar-refractivity contribution is 0.0700. The summed E-state index contributed by atoms with van der Waals surface area (Å²) in [6.07, 6.45) is 3.39. The van der Waals surface area contributed by atoms with Crippen molar-refractivity contribution in [3.63, 3.8) is 0 Å². The molecule has 3 rings (SSSR count). The summed E-state index contributed by atoms with van der Waals surface area (Å²) in [4.78, 5) is 30.0. The van der Waals surface area contributed by atoms with Gasteiger partial charge in [0.25, 0.3) is 11.8 Å². The highest BCUT2D eigenvalue weighted by Crippen LogP contribution is 2.28. The molecule has 132 valence electrons.